The third-order valence-electron chi connectivity index (χ3n) is 11.3. The number of hydrogen-bond donors (Lipinski definition) is 0. The summed E-state index contributed by atoms with van der Waals surface area (Å²) in [4.78, 5) is 2.43. The predicted molar refractivity (Wildman–Crippen MR) is 251 cm³/mol. The van der Waals surface area contributed by atoms with Crippen LogP contribution in [0.15, 0.2) is 249 Å². The summed E-state index contributed by atoms with van der Waals surface area (Å²) >= 11 is 0. The van der Waals surface area contributed by atoms with Gasteiger partial charge in [0.25, 0.3) is 0 Å². The number of fused-ring (bicyclic) bond motifs is 1. The highest BCUT2D eigenvalue weighted by Gasteiger charge is 2.20. The van der Waals surface area contributed by atoms with Gasteiger partial charge in [0, 0.05) is 16.9 Å². The van der Waals surface area contributed by atoms with Gasteiger partial charge in [0.1, 0.15) is 0 Å². The Labute approximate surface area is 346 Å². The van der Waals surface area contributed by atoms with Crippen LogP contribution in [0.5, 0.6) is 0 Å². The maximum atomic E-state index is 2.43. The quantitative estimate of drug-likeness (QED) is 0.142. The van der Waals surface area contributed by atoms with Crippen LogP contribution in [0.4, 0.5) is 17.1 Å². The van der Waals surface area contributed by atoms with E-state index in [4.69, 9.17) is 0 Å². The minimum Gasteiger partial charge on any atom is -0.310 e. The van der Waals surface area contributed by atoms with Crippen LogP contribution in [0, 0.1) is 0 Å². The molecule has 0 aliphatic heterocycles. The molecule has 0 aromatic heterocycles. The molecule has 278 valence electrons. The van der Waals surface area contributed by atoms with Crippen molar-refractivity contribution >= 4 is 27.8 Å². The maximum absolute atomic E-state index is 2.43. The van der Waals surface area contributed by atoms with E-state index in [1.54, 1.807) is 0 Å². The Morgan fingerprint density at radius 1 is 0.220 bits per heavy atom. The molecule has 0 atom stereocenters. The van der Waals surface area contributed by atoms with Crippen molar-refractivity contribution in [1.29, 1.82) is 0 Å². The highest BCUT2D eigenvalue weighted by Crippen LogP contribution is 2.45. The fourth-order valence-corrected chi connectivity index (χ4v) is 8.46. The third-order valence-corrected chi connectivity index (χ3v) is 11.3. The first kappa shape index (κ1) is 35.7. The van der Waals surface area contributed by atoms with E-state index < -0.39 is 0 Å². The lowest BCUT2D eigenvalue weighted by molar-refractivity contribution is 1.28. The van der Waals surface area contributed by atoms with E-state index in [1.165, 1.54) is 60.8 Å². The summed E-state index contributed by atoms with van der Waals surface area (Å²) in [5.74, 6) is 0. The summed E-state index contributed by atoms with van der Waals surface area (Å²) in [5, 5.41) is 2.48. The second-order valence-corrected chi connectivity index (χ2v) is 14.9. The zero-order chi connectivity index (χ0) is 39.4. The molecule has 0 fully saturated rings. The molecule has 10 aromatic rings. The Balaban J connectivity index is 1.16. The van der Waals surface area contributed by atoms with Gasteiger partial charge in [-0.1, -0.05) is 212 Å². The summed E-state index contributed by atoms with van der Waals surface area (Å²) in [7, 11) is 0. The van der Waals surface area contributed by atoms with E-state index in [-0.39, 0.29) is 0 Å². The normalized spacial score (nSPS) is 11.1. The molecular weight excluding hydrogens is 711 g/mol. The second kappa shape index (κ2) is 16.0. The number of hydrogen-bond acceptors (Lipinski definition) is 1. The van der Waals surface area contributed by atoms with Crippen LogP contribution in [0.2, 0.25) is 0 Å². The zero-order valence-electron chi connectivity index (χ0n) is 32.6. The van der Waals surface area contributed by atoms with Crippen LogP contribution < -0.4 is 4.90 Å². The van der Waals surface area contributed by atoms with Crippen molar-refractivity contribution in [1.82, 2.24) is 0 Å². The van der Waals surface area contributed by atoms with Gasteiger partial charge in [-0.2, -0.15) is 0 Å². The second-order valence-electron chi connectivity index (χ2n) is 14.9. The fraction of sp³-hybridized carbons (Fsp3) is 0. The first-order valence-electron chi connectivity index (χ1n) is 20.3. The summed E-state index contributed by atoms with van der Waals surface area (Å²) in [6.07, 6.45) is 0. The van der Waals surface area contributed by atoms with Gasteiger partial charge in [-0.05, 0) is 108 Å². The Kier molecular flexibility index (Phi) is 9.68. The minimum absolute atomic E-state index is 1.08. The van der Waals surface area contributed by atoms with Gasteiger partial charge in [-0.15, -0.1) is 0 Å². The Bertz CT molecular complexity index is 3000. The zero-order valence-corrected chi connectivity index (χ0v) is 32.6. The van der Waals surface area contributed by atoms with Gasteiger partial charge in [0.15, 0.2) is 0 Å². The molecule has 0 amide bonds. The molecule has 1 nitrogen and oxygen atoms in total. The number of rotatable bonds is 9. The molecule has 0 aliphatic rings. The maximum Gasteiger partial charge on any atom is 0.0540 e. The standard InChI is InChI=1S/C58H41N/c1-5-18-42(19-6-1)48-36-39-57(56(41-48)45-24-11-4-12-25-45)59(50-37-34-46(35-38-50)53-31-14-13-30-52(53)43-20-7-2-8-21-43)51-29-15-28-49(40-51)55-33-17-27-47-26-16-32-54(58(47)55)44-22-9-3-10-23-44/h1-41H. The molecule has 0 heterocycles. The monoisotopic (exact) mass is 751 g/mol. The highest BCUT2D eigenvalue weighted by atomic mass is 15.1. The number of nitrogens with zero attached hydrogens (tertiary/aromatic N) is 1. The molecule has 0 N–H and O–H groups in total. The molecule has 0 saturated carbocycles. The van der Waals surface area contributed by atoms with Gasteiger partial charge in [-0.25, -0.2) is 0 Å². The molecule has 0 unspecified atom stereocenters. The summed E-state index contributed by atoms with van der Waals surface area (Å²) in [5.41, 5.74) is 17.6. The molecule has 59 heavy (non-hydrogen) atoms. The van der Waals surface area contributed by atoms with Crippen molar-refractivity contribution < 1.29 is 0 Å². The lowest BCUT2D eigenvalue weighted by atomic mass is 9.91. The van der Waals surface area contributed by atoms with E-state index in [2.05, 4.69) is 254 Å². The van der Waals surface area contributed by atoms with E-state index in [9.17, 15) is 0 Å². The van der Waals surface area contributed by atoms with Crippen LogP contribution in [-0.4, -0.2) is 0 Å². The van der Waals surface area contributed by atoms with Crippen molar-refractivity contribution in [2.75, 3.05) is 4.90 Å². The van der Waals surface area contributed by atoms with Gasteiger partial charge in [0.2, 0.25) is 0 Å². The lowest BCUT2D eigenvalue weighted by Crippen LogP contribution is -2.11. The highest BCUT2D eigenvalue weighted by molar-refractivity contribution is 6.07. The predicted octanol–water partition coefficient (Wildman–Crippen LogP) is 16.3. The molecular formula is C58H41N. The van der Waals surface area contributed by atoms with E-state index in [0.29, 0.717) is 0 Å². The van der Waals surface area contributed by atoms with Crippen molar-refractivity contribution in [3.63, 3.8) is 0 Å². The van der Waals surface area contributed by atoms with Crippen molar-refractivity contribution in [3.05, 3.63) is 249 Å². The fourth-order valence-electron chi connectivity index (χ4n) is 8.46. The third kappa shape index (κ3) is 7.12. The minimum atomic E-state index is 1.08. The van der Waals surface area contributed by atoms with Crippen molar-refractivity contribution in [2.24, 2.45) is 0 Å². The van der Waals surface area contributed by atoms with Gasteiger partial charge in [0.05, 0.1) is 5.69 Å². The molecule has 10 aromatic carbocycles. The Morgan fingerprint density at radius 2 is 0.644 bits per heavy atom. The molecule has 10 rings (SSSR count). The van der Waals surface area contributed by atoms with Gasteiger partial charge < -0.3 is 4.90 Å². The number of benzene rings is 10. The first-order valence-corrected chi connectivity index (χ1v) is 20.3. The smallest absolute Gasteiger partial charge is 0.0540 e. The first-order chi connectivity index (χ1) is 29.3. The van der Waals surface area contributed by atoms with Crippen LogP contribution >= 0.6 is 0 Å². The van der Waals surface area contributed by atoms with Crippen molar-refractivity contribution in [2.45, 2.75) is 0 Å². The topological polar surface area (TPSA) is 3.24 Å². The van der Waals surface area contributed by atoms with Crippen LogP contribution in [-0.2, 0) is 0 Å². The number of anilines is 3. The average molecular weight is 752 g/mol. The summed E-state index contributed by atoms with van der Waals surface area (Å²) in [6, 6.07) is 89.8. The molecule has 0 aliphatic carbocycles. The summed E-state index contributed by atoms with van der Waals surface area (Å²) < 4.78 is 0. The van der Waals surface area contributed by atoms with Gasteiger partial charge in [-0.3, -0.25) is 0 Å². The molecule has 0 radical (unpaired) electrons. The SMILES string of the molecule is c1ccc(-c2ccc(N(c3ccc(-c4ccccc4-c4ccccc4)cc3)c3cccc(-c4cccc5cccc(-c6ccccc6)c45)c3)c(-c3ccccc3)c2)cc1. The van der Waals surface area contributed by atoms with E-state index in [1.807, 2.05) is 0 Å². The van der Waals surface area contributed by atoms with Crippen molar-refractivity contribution in [3.8, 4) is 66.8 Å². The molecule has 0 spiro atoms. The Hall–Kier alpha value is -7.74. The average Bonchev–Trinajstić information content (AvgIpc) is 3.33. The largest absolute Gasteiger partial charge is 0.310 e. The lowest BCUT2D eigenvalue weighted by Gasteiger charge is -2.29. The van der Waals surface area contributed by atoms with E-state index in [0.717, 1.165) is 33.8 Å². The molecule has 0 bridgehead atoms. The summed E-state index contributed by atoms with van der Waals surface area (Å²) in [6.45, 7) is 0. The molecule has 1 heteroatoms. The van der Waals surface area contributed by atoms with Crippen LogP contribution in [0.1, 0.15) is 0 Å². The van der Waals surface area contributed by atoms with E-state index >= 15 is 0 Å². The van der Waals surface area contributed by atoms with Gasteiger partial charge >= 0.3 is 0 Å². The Morgan fingerprint density at radius 3 is 1.24 bits per heavy atom. The molecule has 0 saturated heterocycles. The van der Waals surface area contributed by atoms with Crippen LogP contribution in [0.25, 0.3) is 77.5 Å². The van der Waals surface area contributed by atoms with Crippen LogP contribution in [0.3, 0.4) is 0 Å².